The van der Waals surface area contributed by atoms with Crippen molar-refractivity contribution in [3.63, 3.8) is 0 Å². The number of para-hydroxylation sites is 1. The quantitative estimate of drug-likeness (QED) is 0.321. The van der Waals surface area contributed by atoms with Crippen molar-refractivity contribution in [1.29, 1.82) is 0 Å². The lowest BCUT2D eigenvalue weighted by Crippen LogP contribution is -2.22. The third-order valence-corrected chi connectivity index (χ3v) is 6.65. The third-order valence-electron chi connectivity index (χ3n) is 6.65. The van der Waals surface area contributed by atoms with Crippen molar-refractivity contribution in [3.05, 3.63) is 78.6 Å². The fourth-order valence-corrected chi connectivity index (χ4v) is 4.73. The van der Waals surface area contributed by atoms with Gasteiger partial charge in [-0.2, -0.15) is 5.10 Å². The standard InChI is InChI=1S/C28H26N6/c1-3-34(4-2)17-20-9-7-11-25-26(20)31-28(30-25)27-22-14-18(12-13-24(22)32-33-27)23-16-29-15-19-8-5-6-10-21(19)23/h5-16H,3-4,17H2,1-2H3,(H,30,31)(H,32,33). The highest BCUT2D eigenvalue weighted by Crippen LogP contribution is 2.33. The maximum absolute atomic E-state index is 5.00. The fourth-order valence-electron chi connectivity index (χ4n) is 4.73. The Morgan fingerprint density at radius 3 is 2.62 bits per heavy atom. The number of pyridine rings is 1. The zero-order chi connectivity index (χ0) is 23.1. The molecule has 0 saturated heterocycles. The summed E-state index contributed by atoms with van der Waals surface area (Å²) < 4.78 is 0. The second kappa shape index (κ2) is 8.39. The van der Waals surface area contributed by atoms with Gasteiger partial charge in [0.25, 0.3) is 0 Å². The summed E-state index contributed by atoms with van der Waals surface area (Å²) in [5.74, 6) is 0.779. The molecule has 3 aromatic carbocycles. The van der Waals surface area contributed by atoms with E-state index in [1.54, 1.807) is 0 Å². The first-order valence-electron chi connectivity index (χ1n) is 11.8. The van der Waals surface area contributed by atoms with Crippen LogP contribution in [-0.2, 0) is 6.54 Å². The molecular formula is C28H26N6. The zero-order valence-electron chi connectivity index (χ0n) is 19.3. The van der Waals surface area contributed by atoms with Crippen LogP contribution in [0.3, 0.4) is 0 Å². The summed E-state index contributed by atoms with van der Waals surface area (Å²) in [6, 6.07) is 21.1. The highest BCUT2D eigenvalue weighted by atomic mass is 15.1. The van der Waals surface area contributed by atoms with Gasteiger partial charge in [0.05, 0.1) is 16.6 Å². The van der Waals surface area contributed by atoms with Crippen molar-refractivity contribution in [2.75, 3.05) is 13.1 Å². The van der Waals surface area contributed by atoms with Gasteiger partial charge in [-0.25, -0.2) is 4.98 Å². The zero-order valence-corrected chi connectivity index (χ0v) is 19.3. The summed E-state index contributed by atoms with van der Waals surface area (Å²) in [5, 5.41) is 11.2. The highest BCUT2D eigenvalue weighted by molar-refractivity contribution is 6.00. The minimum atomic E-state index is 0.779. The molecule has 3 aromatic heterocycles. The lowest BCUT2D eigenvalue weighted by molar-refractivity contribution is 0.297. The lowest BCUT2D eigenvalue weighted by Gasteiger charge is -2.17. The number of aromatic amines is 2. The predicted molar refractivity (Wildman–Crippen MR) is 139 cm³/mol. The first-order valence-corrected chi connectivity index (χ1v) is 11.8. The number of aromatic nitrogens is 5. The monoisotopic (exact) mass is 446 g/mol. The summed E-state index contributed by atoms with van der Waals surface area (Å²) in [7, 11) is 0. The maximum atomic E-state index is 5.00. The van der Waals surface area contributed by atoms with Crippen LogP contribution in [0.15, 0.2) is 73.1 Å². The molecule has 2 N–H and O–H groups in total. The van der Waals surface area contributed by atoms with Gasteiger partial charge in [0.2, 0.25) is 0 Å². The Morgan fingerprint density at radius 2 is 1.74 bits per heavy atom. The first-order chi connectivity index (χ1) is 16.7. The van der Waals surface area contributed by atoms with Gasteiger partial charge in [-0.15, -0.1) is 0 Å². The molecular weight excluding hydrogens is 420 g/mol. The van der Waals surface area contributed by atoms with Crippen molar-refractivity contribution in [2.45, 2.75) is 20.4 Å². The molecule has 6 rings (SSSR count). The van der Waals surface area contributed by atoms with Crippen molar-refractivity contribution in [2.24, 2.45) is 0 Å². The summed E-state index contributed by atoms with van der Waals surface area (Å²) in [6.45, 7) is 7.30. The van der Waals surface area contributed by atoms with E-state index >= 15 is 0 Å². The van der Waals surface area contributed by atoms with E-state index in [-0.39, 0.29) is 0 Å². The van der Waals surface area contributed by atoms with Crippen molar-refractivity contribution < 1.29 is 0 Å². The van der Waals surface area contributed by atoms with Crippen LogP contribution in [0.4, 0.5) is 0 Å². The number of nitrogens with one attached hydrogen (secondary N) is 2. The van der Waals surface area contributed by atoms with Gasteiger partial charge in [0.1, 0.15) is 5.69 Å². The summed E-state index contributed by atoms with van der Waals surface area (Å²) >= 11 is 0. The van der Waals surface area contributed by atoms with E-state index < -0.39 is 0 Å². The average Bonchev–Trinajstić information content (AvgIpc) is 3.51. The minimum absolute atomic E-state index is 0.779. The van der Waals surface area contributed by atoms with Crippen LogP contribution in [0, 0.1) is 0 Å². The number of benzene rings is 3. The smallest absolute Gasteiger partial charge is 0.159 e. The number of hydrogen-bond acceptors (Lipinski definition) is 4. The van der Waals surface area contributed by atoms with E-state index in [0.29, 0.717) is 0 Å². The van der Waals surface area contributed by atoms with E-state index in [1.165, 1.54) is 10.9 Å². The van der Waals surface area contributed by atoms with Gasteiger partial charge < -0.3 is 4.98 Å². The minimum Gasteiger partial charge on any atom is -0.337 e. The number of H-pyrrole nitrogens is 2. The third kappa shape index (κ3) is 3.43. The molecule has 0 aliphatic carbocycles. The average molecular weight is 447 g/mol. The number of fused-ring (bicyclic) bond motifs is 3. The van der Waals surface area contributed by atoms with Crippen LogP contribution in [0.5, 0.6) is 0 Å². The van der Waals surface area contributed by atoms with E-state index in [1.807, 2.05) is 18.5 Å². The number of nitrogens with zero attached hydrogens (tertiary/aromatic N) is 4. The van der Waals surface area contributed by atoms with Crippen LogP contribution in [0.2, 0.25) is 0 Å². The summed E-state index contributed by atoms with van der Waals surface area (Å²) in [4.78, 5) is 15.4. The molecule has 3 heterocycles. The molecule has 0 amide bonds. The molecule has 0 aliphatic rings. The van der Waals surface area contributed by atoms with Crippen molar-refractivity contribution >= 4 is 32.7 Å². The largest absolute Gasteiger partial charge is 0.337 e. The Hall–Kier alpha value is -4.03. The van der Waals surface area contributed by atoms with Crippen molar-refractivity contribution in [3.8, 4) is 22.6 Å². The van der Waals surface area contributed by atoms with Gasteiger partial charge in [0, 0.05) is 35.3 Å². The molecule has 0 radical (unpaired) electrons. The second-order valence-corrected chi connectivity index (χ2v) is 8.60. The molecule has 0 fully saturated rings. The number of hydrogen-bond donors (Lipinski definition) is 2. The molecule has 0 atom stereocenters. The maximum Gasteiger partial charge on any atom is 0.159 e. The van der Waals surface area contributed by atoms with E-state index in [2.05, 4.69) is 93.5 Å². The Labute approximate surface area is 197 Å². The molecule has 168 valence electrons. The van der Waals surface area contributed by atoms with Crippen LogP contribution in [-0.4, -0.2) is 43.1 Å². The molecule has 34 heavy (non-hydrogen) atoms. The van der Waals surface area contributed by atoms with Gasteiger partial charge >= 0.3 is 0 Å². The molecule has 0 bridgehead atoms. The van der Waals surface area contributed by atoms with Crippen LogP contribution < -0.4 is 0 Å². The van der Waals surface area contributed by atoms with Crippen molar-refractivity contribution in [1.82, 2.24) is 30.0 Å². The Bertz CT molecular complexity index is 1620. The van der Waals surface area contributed by atoms with Gasteiger partial charge in [0.15, 0.2) is 5.82 Å². The Morgan fingerprint density at radius 1 is 0.853 bits per heavy atom. The SMILES string of the molecule is CCN(CC)Cc1cccc2[nH]c(-c3n[nH]c4ccc(-c5cncc6ccccc56)cc34)nc12. The molecule has 0 spiro atoms. The van der Waals surface area contributed by atoms with Gasteiger partial charge in [-0.1, -0.05) is 56.3 Å². The molecule has 6 aromatic rings. The second-order valence-electron chi connectivity index (χ2n) is 8.60. The predicted octanol–water partition coefficient (Wildman–Crippen LogP) is 6.16. The van der Waals surface area contributed by atoms with Crippen LogP contribution in [0.1, 0.15) is 19.4 Å². The van der Waals surface area contributed by atoms with Gasteiger partial charge in [-0.05, 0) is 47.8 Å². The van der Waals surface area contributed by atoms with E-state index in [4.69, 9.17) is 4.98 Å². The Kier molecular flexibility index (Phi) is 5.08. The topological polar surface area (TPSA) is 73.5 Å². The molecule has 6 heteroatoms. The lowest BCUT2D eigenvalue weighted by atomic mass is 9.99. The number of imidazole rings is 1. The highest BCUT2D eigenvalue weighted by Gasteiger charge is 2.16. The Balaban J connectivity index is 1.47. The molecule has 0 saturated carbocycles. The summed E-state index contributed by atoms with van der Waals surface area (Å²) in [6.07, 6.45) is 3.84. The number of rotatable bonds is 6. The molecule has 0 aliphatic heterocycles. The van der Waals surface area contributed by atoms with Gasteiger partial charge in [-0.3, -0.25) is 15.0 Å². The van der Waals surface area contributed by atoms with E-state index in [9.17, 15) is 0 Å². The first kappa shape index (κ1) is 20.6. The van der Waals surface area contributed by atoms with E-state index in [0.717, 1.165) is 69.6 Å². The van der Waals surface area contributed by atoms with Crippen LogP contribution >= 0.6 is 0 Å². The molecule has 6 nitrogen and oxygen atoms in total. The summed E-state index contributed by atoms with van der Waals surface area (Å²) in [5.41, 5.74) is 7.30. The molecule has 0 unspecified atom stereocenters. The fraction of sp³-hybridized carbons (Fsp3) is 0.179. The van der Waals surface area contributed by atoms with Crippen LogP contribution in [0.25, 0.3) is 55.4 Å². The normalized spacial score (nSPS) is 11.9.